The van der Waals surface area contributed by atoms with Gasteiger partial charge in [0.15, 0.2) is 0 Å². The first kappa shape index (κ1) is 25.9. The third-order valence-electron chi connectivity index (χ3n) is 5.23. The van der Waals surface area contributed by atoms with Crippen molar-refractivity contribution in [3.8, 4) is 0 Å². The van der Waals surface area contributed by atoms with Crippen molar-refractivity contribution >= 4 is 33.5 Å². The summed E-state index contributed by atoms with van der Waals surface area (Å²) in [6.45, 7) is 1.95. The lowest BCUT2D eigenvalue weighted by Gasteiger charge is -2.31. The van der Waals surface area contributed by atoms with Crippen molar-refractivity contribution in [2.75, 3.05) is 0 Å². The lowest BCUT2D eigenvalue weighted by molar-refractivity contribution is -0.137. The predicted octanol–water partition coefficient (Wildman–Crippen LogP) is 5.77. The van der Waals surface area contributed by atoms with Crippen molar-refractivity contribution in [3.05, 3.63) is 65.2 Å². The standard InChI is InChI=1S/C24H30ClNO5S/c1-2-12-20(15-8-3-4-9-18-23(27)28)26(24(29)19-13-6-5-7-14-19)32(30,31)22-17-11-10-16-21(22)25/h5-7,10-11,13-14,16-17,20H,2-4,8-9,12,15,18H2,1H3,(H,27,28). The molecule has 0 aliphatic carbocycles. The molecular weight excluding hydrogens is 450 g/mol. The molecule has 1 unspecified atom stereocenters. The normalized spacial score (nSPS) is 12.3. The molecule has 32 heavy (non-hydrogen) atoms. The largest absolute Gasteiger partial charge is 0.481 e. The number of unbranched alkanes of at least 4 members (excludes halogenated alkanes) is 3. The smallest absolute Gasteiger partial charge is 0.303 e. The van der Waals surface area contributed by atoms with Gasteiger partial charge >= 0.3 is 5.97 Å². The van der Waals surface area contributed by atoms with E-state index in [-0.39, 0.29) is 16.3 Å². The van der Waals surface area contributed by atoms with Crippen LogP contribution in [0.4, 0.5) is 0 Å². The molecule has 0 saturated heterocycles. The maximum absolute atomic E-state index is 13.6. The van der Waals surface area contributed by atoms with E-state index in [1.165, 1.54) is 12.1 Å². The SMILES string of the molecule is CCCC(CCCCCCC(=O)O)N(C(=O)c1ccccc1)S(=O)(=O)c1ccccc1Cl. The molecule has 174 valence electrons. The van der Waals surface area contributed by atoms with Crippen molar-refractivity contribution in [1.29, 1.82) is 0 Å². The van der Waals surface area contributed by atoms with Gasteiger partial charge in [0.25, 0.3) is 15.9 Å². The first-order valence-corrected chi connectivity index (χ1v) is 12.7. The second-order valence-corrected chi connectivity index (χ2v) is 9.88. The van der Waals surface area contributed by atoms with Crippen LogP contribution < -0.4 is 0 Å². The molecule has 0 aliphatic rings. The summed E-state index contributed by atoms with van der Waals surface area (Å²) in [5, 5.41) is 8.84. The number of amides is 1. The number of halogens is 1. The van der Waals surface area contributed by atoms with Gasteiger partial charge in [0.2, 0.25) is 0 Å². The van der Waals surface area contributed by atoms with Crippen LogP contribution in [0.25, 0.3) is 0 Å². The van der Waals surface area contributed by atoms with Crippen molar-refractivity contribution in [2.24, 2.45) is 0 Å². The van der Waals surface area contributed by atoms with Crippen LogP contribution in [0.5, 0.6) is 0 Å². The molecule has 6 nitrogen and oxygen atoms in total. The summed E-state index contributed by atoms with van der Waals surface area (Å²) in [6, 6.07) is 14.0. The molecule has 0 aromatic heterocycles. The van der Waals surface area contributed by atoms with Crippen LogP contribution in [0, 0.1) is 0 Å². The number of nitrogens with zero attached hydrogens (tertiary/aromatic N) is 1. The number of sulfonamides is 1. The fourth-order valence-electron chi connectivity index (χ4n) is 3.66. The molecule has 0 aliphatic heterocycles. The van der Waals surface area contributed by atoms with Gasteiger partial charge in [-0.25, -0.2) is 12.7 Å². The van der Waals surface area contributed by atoms with Crippen LogP contribution in [0.15, 0.2) is 59.5 Å². The van der Waals surface area contributed by atoms with Crippen molar-refractivity contribution in [2.45, 2.75) is 69.2 Å². The Kier molecular flexibility index (Phi) is 10.2. The molecule has 1 atom stereocenters. The third-order valence-corrected chi connectivity index (χ3v) is 7.56. The predicted molar refractivity (Wildman–Crippen MR) is 125 cm³/mol. The Labute approximate surface area is 195 Å². The minimum Gasteiger partial charge on any atom is -0.481 e. The van der Waals surface area contributed by atoms with Gasteiger partial charge in [-0.15, -0.1) is 0 Å². The first-order chi connectivity index (χ1) is 15.3. The molecule has 0 bridgehead atoms. The van der Waals surface area contributed by atoms with E-state index >= 15 is 0 Å². The van der Waals surface area contributed by atoms with Gasteiger partial charge in [-0.2, -0.15) is 0 Å². The Morgan fingerprint density at radius 1 is 0.938 bits per heavy atom. The molecular formula is C24H30ClNO5S. The Morgan fingerprint density at radius 2 is 1.56 bits per heavy atom. The van der Waals surface area contributed by atoms with Crippen LogP contribution in [0.1, 0.15) is 68.6 Å². The van der Waals surface area contributed by atoms with E-state index in [0.29, 0.717) is 37.7 Å². The number of aliphatic carboxylic acids is 1. The third kappa shape index (κ3) is 7.07. The van der Waals surface area contributed by atoms with E-state index in [9.17, 15) is 18.0 Å². The van der Waals surface area contributed by atoms with E-state index in [1.807, 2.05) is 6.92 Å². The van der Waals surface area contributed by atoms with Gasteiger partial charge in [-0.3, -0.25) is 9.59 Å². The minimum absolute atomic E-state index is 0.0716. The number of benzene rings is 2. The fraction of sp³-hybridized carbons (Fsp3) is 0.417. The number of carbonyl (C=O) groups excluding carboxylic acids is 1. The Hall–Kier alpha value is -2.38. The molecule has 2 rings (SSSR count). The van der Waals surface area contributed by atoms with Crippen LogP contribution in [0.2, 0.25) is 5.02 Å². The number of rotatable bonds is 13. The van der Waals surface area contributed by atoms with Crippen LogP contribution >= 0.6 is 11.6 Å². The Bertz CT molecular complexity index is 994. The average Bonchev–Trinajstić information content (AvgIpc) is 2.76. The quantitative estimate of drug-likeness (QED) is 0.368. The van der Waals surface area contributed by atoms with Crippen LogP contribution in [0.3, 0.4) is 0 Å². The second-order valence-electron chi connectivity index (χ2n) is 7.69. The van der Waals surface area contributed by atoms with E-state index in [1.54, 1.807) is 42.5 Å². The number of carbonyl (C=O) groups is 2. The first-order valence-electron chi connectivity index (χ1n) is 10.9. The highest BCUT2D eigenvalue weighted by Gasteiger charge is 2.36. The Balaban J connectivity index is 2.33. The zero-order valence-electron chi connectivity index (χ0n) is 18.2. The monoisotopic (exact) mass is 479 g/mol. The van der Waals surface area contributed by atoms with Gasteiger partial charge in [-0.1, -0.05) is 74.5 Å². The van der Waals surface area contributed by atoms with E-state index in [0.717, 1.165) is 17.1 Å². The van der Waals surface area contributed by atoms with E-state index in [2.05, 4.69) is 0 Å². The van der Waals surface area contributed by atoms with Crippen LogP contribution in [-0.4, -0.2) is 35.7 Å². The minimum atomic E-state index is -4.19. The zero-order chi connectivity index (χ0) is 23.6. The van der Waals surface area contributed by atoms with Crippen molar-refractivity contribution < 1.29 is 23.1 Å². The van der Waals surface area contributed by atoms with Gasteiger partial charge in [0.05, 0.1) is 5.02 Å². The molecule has 1 amide bonds. The van der Waals surface area contributed by atoms with E-state index in [4.69, 9.17) is 16.7 Å². The molecule has 0 fully saturated rings. The van der Waals surface area contributed by atoms with Gasteiger partial charge in [0, 0.05) is 18.0 Å². The average molecular weight is 480 g/mol. The molecule has 0 saturated carbocycles. The van der Waals surface area contributed by atoms with E-state index < -0.39 is 27.9 Å². The molecule has 1 N–H and O–H groups in total. The number of hydrogen-bond donors (Lipinski definition) is 1. The lowest BCUT2D eigenvalue weighted by atomic mass is 10.0. The zero-order valence-corrected chi connectivity index (χ0v) is 19.8. The topological polar surface area (TPSA) is 91.8 Å². The second kappa shape index (κ2) is 12.6. The number of carboxylic acid groups (broad SMARTS) is 1. The number of hydrogen-bond acceptors (Lipinski definition) is 4. The summed E-state index contributed by atoms with van der Waals surface area (Å²) < 4.78 is 28.3. The van der Waals surface area contributed by atoms with Crippen molar-refractivity contribution in [3.63, 3.8) is 0 Å². The highest BCUT2D eigenvalue weighted by atomic mass is 35.5. The maximum Gasteiger partial charge on any atom is 0.303 e. The van der Waals surface area contributed by atoms with Crippen LogP contribution in [-0.2, 0) is 14.8 Å². The van der Waals surface area contributed by atoms with Gasteiger partial charge in [-0.05, 0) is 43.5 Å². The molecule has 2 aromatic rings. The molecule has 2 aromatic carbocycles. The highest BCUT2D eigenvalue weighted by molar-refractivity contribution is 7.89. The molecule has 0 radical (unpaired) electrons. The van der Waals surface area contributed by atoms with Gasteiger partial charge in [0.1, 0.15) is 4.90 Å². The molecule has 8 heteroatoms. The fourth-order valence-corrected chi connectivity index (χ4v) is 5.79. The summed E-state index contributed by atoms with van der Waals surface area (Å²) in [6.07, 6.45) is 4.65. The summed E-state index contributed by atoms with van der Waals surface area (Å²) >= 11 is 6.21. The number of carboxylic acids is 1. The summed E-state index contributed by atoms with van der Waals surface area (Å²) in [4.78, 5) is 24.0. The van der Waals surface area contributed by atoms with Gasteiger partial charge < -0.3 is 5.11 Å². The van der Waals surface area contributed by atoms with Crippen molar-refractivity contribution in [1.82, 2.24) is 4.31 Å². The highest BCUT2D eigenvalue weighted by Crippen LogP contribution is 2.30. The summed E-state index contributed by atoms with van der Waals surface area (Å²) in [5.74, 6) is -1.39. The Morgan fingerprint density at radius 3 is 2.19 bits per heavy atom. The molecule has 0 spiro atoms. The molecule has 0 heterocycles. The lowest BCUT2D eigenvalue weighted by Crippen LogP contribution is -2.44. The summed E-state index contributed by atoms with van der Waals surface area (Å²) in [5.41, 5.74) is 0.297. The maximum atomic E-state index is 13.6. The summed E-state index contributed by atoms with van der Waals surface area (Å²) in [7, 11) is -4.19.